The van der Waals surface area contributed by atoms with Crippen LogP contribution in [-0.4, -0.2) is 30.3 Å². The Kier molecular flexibility index (Phi) is 6.64. The lowest BCUT2D eigenvalue weighted by molar-refractivity contribution is -0.129. The zero-order chi connectivity index (χ0) is 18.6. The number of hydrogen-bond donors (Lipinski definition) is 1. The largest absolute Gasteiger partial charge is 0.343 e. The second-order valence-electron chi connectivity index (χ2n) is 5.26. The van der Waals surface area contributed by atoms with Crippen LogP contribution in [0.4, 0.5) is 4.39 Å². The molecule has 0 radical (unpaired) electrons. The molecule has 0 heterocycles. The lowest BCUT2D eigenvalue weighted by Gasteiger charge is -2.18. The molecule has 0 unspecified atom stereocenters. The number of halogens is 4. The summed E-state index contributed by atoms with van der Waals surface area (Å²) < 4.78 is 13.8. The number of likely N-dealkylation sites (N-methyl/N-ethyl adjacent to an activating group) is 1. The Morgan fingerprint density at radius 3 is 2.44 bits per heavy atom. The fraction of sp³-hybridized carbons (Fsp3) is 0.176. The first kappa shape index (κ1) is 19.5. The van der Waals surface area contributed by atoms with E-state index in [1.165, 1.54) is 42.3 Å². The summed E-state index contributed by atoms with van der Waals surface area (Å²) in [4.78, 5) is 25.4. The van der Waals surface area contributed by atoms with Crippen molar-refractivity contribution in [1.29, 1.82) is 0 Å². The van der Waals surface area contributed by atoms with Gasteiger partial charge in [0, 0.05) is 29.7 Å². The number of nitrogens with one attached hydrogen (secondary N) is 1. The van der Waals surface area contributed by atoms with Crippen LogP contribution in [0.25, 0.3) is 0 Å². The van der Waals surface area contributed by atoms with E-state index in [2.05, 4.69) is 5.32 Å². The topological polar surface area (TPSA) is 49.4 Å². The van der Waals surface area contributed by atoms with Gasteiger partial charge in [0.1, 0.15) is 5.82 Å². The van der Waals surface area contributed by atoms with Crippen molar-refractivity contribution in [3.63, 3.8) is 0 Å². The molecule has 0 aliphatic heterocycles. The van der Waals surface area contributed by atoms with E-state index in [0.717, 1.165) is 0 Å². The zero-order valence-electron chi connectivity index (χ0n) is 13.2. The minimum atomic E-state index is -0.494. The Bertz CT molecular complexity index is 794. The fourth-order valence-corrected chi connectivity index (χ4v) is 2.56. The molecule has 2 amide bonds. The van der Waals surface area contributed by atoms with Crippen molar-refractivity contribution in [2.75, 3.05) is 13.6 Å². The van der Waals surface area contributed by atoms with Gasteiger partial charge in [0.15, 0.2) is 0 Å². The van der Waals surface area contributed by atoms with Gasteiger partial charge < -0.3 is 10.2 Å². The molecule has 2 rings (SSSR count). The van der Waals surface area contributed by atoms with Crippen LogP contribution >= 0.6 is 34.8 Å². The maximum atomic E-state index is 13.8. The standard InChI is InChI=1S/C17H14Cl3FN2O2/c1-23(9-11-12(18)3-2-4-15(11)21)16(24)8-22-17(25)10-5-6-13(19)14(20)7-10/h2-7H,8-9H2,1H3,(H,22,25). The van der Waals surface area contributed by atoms with E-state index in [9.17, 15) is 14.0 Å². The van der Waals surface area contributed by atoms with Crippen LogP contribution < -0.4 is 5.32 Å². The van der Waals surface area contributed by atoms with Gasteiger partial charge in [0.25, 0.3) is 5.91 Å². The number of carbonyl (C=O) groups is 2. The summed E-state index contributed by atoms with van der Waals surface area (Å²) in [5.41, 5.74) is 0.498. The molecule has 4 nitrogen and oxygen atoms in total. The van der Waals surface area contributed by atoms with E-state index in [-0.39, 0.29) is 34.3 Å². The summed E-state index contributed by atoms with van der Waals surface area (Å²) in [5, 5.41) is 3.29. The second-order valence-corrected chi connectivity index (χ2v) is 6.48. The van der Waals surface area contributed by atoms with Gasteiger partial charge in [-0.2, -0.15) is 0 Å². The molecular formula is C17H14Cl3FN2O2. The summed E-state index contributed by atoms with van der Waals surface area (Å²) in [6.07, 6.45) is 0. The lowest BCUT2D eigenvalue weighted by atomic mass is 10.2. The summed E-state index contributed by atoms with van der Waals surface area (Å²) in [7, 11) is 1.50. The molecule has 0 aliphatic rings. The maximum absolute atomic E-state index is 13.8. The van der Waals surface area contributed by atoms with Crippen LogP contribution in [0.1, 0.15) is 15.9 Å². The van der Waals surface area contributed by atoms with Gasteiger partial charge >= 0.3 is 0 Å². The number of nitrogens with zero attached hydrogens (tertiary/aromatic N) is 1. The molecule has 132 valence electrons. The first-order valence-corrected chi connectivity index (χ1v) is 8.33. The van der Waals surface area contributed by atoms with Gasteiger partial charge in [-0.15, -0.1) is 0 Å². The zero-order valence-corrected chi connectivity index (χ0v) is 15.4. The summed E-state index contributed by atoms with van der Waals surface area (Å²) >= 11 is 17.6. The Morgan fingerprint density at radius 2 is 1.80 bits per heavy atom. The van der Waals surface area contributed by atoms with E-state index in [4.69, 9.17) is 34.8 Å². The Morgan fingerprint density at radius 1 is 1.08 bits per heavy atom. The predicted molar refractivity (Wildman–Crippen MR) is 96.7 cm³/mol. The molecule has 0 bridgehead atoms. The van der Waals surface area contributed by atoms with Crippen molar-refractivity contribution >= 4 is 46.6 Å². The summed E-state index contributed by atoms with van der Waals surface area (Å²) in [6, 6.07) is 8.70. The van der Waals surface area contributed by atoms with Gasteiger partial charge in [-0.3, -0.25) is 9.59 Å². The van der Waals surface area contributed by atoms with Crippen LogP contribution in [0.15, 0.2) is 36.4 Å². The van der Waals surface area contributed by atoms with Gasteiger partial charge in [0.05, 0.1) is 16.6 Å². The van der Waals surface area contributed by atoms with Crippen molar-refractivity contribution < 1.29 is 14.0 Å². The molecule has 2 aromatic rings. The van der Waals surface area contributed by atoms with Gasteiger partial charge in [-0.25, -0.2) is 4.39 Å². The third-order valence-corrected chi connectivity index (χ3v) is 4.56. The third-order valence-electron chi connectivity index (χ3n) is 3.46. The minimum absolute atomic E-state index is 0.00696. The number of benzene rings is 2. The monoisotopic (exact) mass is 402 g/mol. The Labute approximate surface area is 159 Å². The highest BCUT2D eigenvalue weighted by Crippen LogP contribution is 2.22. The molecule has 0 spiro atoms. The van der Waals surface area contributed by atoms with Gasteiger partial charge in [-0.1, -0.05) is 40.9 Å². The minimum Gasteiger partial charge on any atom is -0.343 e. The van der Waals surface area contributed by atoms with Crippen molar-refractivity contribution in [1.82, 2.24) is 10.2 Å². The molecule has 8 heteroatoms. The van der Waals surface area contributed by atoms with Crippen LogP contribution in [0, 0.1) is 5.82 Å². The summed E-state index contributed by atoms with van der Waals surface area (Å²) in [5.74, 6) is -1.36. The van der Waals surface area contributed by atoms with Crippen molar-refractivity contribution in [3.8, 4) is 0 Å². The number of carbonyl (C=O) groups excluding carboxylic acids is 2. The van der Waals surface area contributed by atoms with E-state index in [0.29, 0.717) is 5.02 Å². The number of amides is 2. The van der Waals surface area contributed by atoms with Crippen molar-refractivity contribution in [3.05, 3.63) is 68.4 Å². The SMILES string of the molecule is CN(Cc1c(F)cccc1Cl)C(=O)CNC(=O)c1ccc(Cl)c(Cl)c1. The second kappa shape index (κ2) is 8.52. The summed E-state index contributed by atoms with van der Waals surface area (Å²) in [6.45, 7) is -0.255. The number of rotatable bonds is 5. The molecule has 0 aliphatic carbocycles. The van der Waals surface area contributed by atoms with E-state index >= 15 is 0 Å². The highest BCUT2D eigenvalue weighted by molar-refractivity contribution is 6.42. The fourth-order valence-electron chi connectivity index (χ4n) is 2.04. The molecule has 0 saturated carbocycles. The smallest absolute Gasteiger partial charge is 0.251 e. The normalized spacial score (nSPS) is 10.4. The molecule has 2 aromatic carbocycles. The van der Waals surface area contributed by atoms with E-state index in [1.54, 1.807) is 6.07 Å². The Balaban J connectivity index is 1.95. The van der Waals surface area contributed by atoms with Crippen LogP contribution in [0.3, 0.4) is 0 Å². The van der Waals surface area contributed by atoms with Crippen LogP contribution in [-0.2, 0) is 11.3 Å². The highest BCUT2D eigenvalue weighted by Gasteiger charge is 2.16. The van der Waals surface area contributed by atoms with E-state index in [1.807, 2.05) is 0 Å². The van der Waals surface area contributed by atoms with Gasteiger partial charge in [-0.05, 0) is 30.3 Å². The molecule has 1 N–H and O–H groups in total. The van der Waals surface area contributed by atoms with Crippen LogP contribution in [0.5, 0.6) is 0 Å². The average Bonchev–Trinajstić information content (AvgIpc) is 2.58. The van der Waals surface area contributed by atoms with Crippen molar-refractivity contribution in [2.24, 2.45) is 0 Å². The highest BCUT2D eigenvalue weighted by atomic mass is 35.5. The molecule has 0 aromatic heterocycles. The van der Waals surface area contributed by atoms with Gasteiger partial charge in [0.2, 0.25) is 5.91 Å². The molecule has 25 heavy (non-hydrogen) atoms. The maximum Gasteiger partial charge on any atom is 0.251 e. The van der Waals surface area contributed by atoms with E-state index < -0.39 is 17.6 Å². The average molecular weight is 404 g/mol. The first-order chi connectivity index (χ1) is 11.8. The molecule has 0 saturated heterocycles. The lowest BCUT2D eigenvalue weighted by Crippen LogP contribution is -2.38. The molecular weight excluding hydrogens is 390 g/mol. The first-order valence-electron chi connectivity index (χ1n) is 7.19. The predicted octanol–water partition coefficient (Wildman–Crippen LogP) is 4.17. The van der Waals surface area contributed by atoms with Crippen molar-refractivity contribution in [2.45, 2.75) is 6.54 Å². The number of hydrogen-bond acceptors (Lipinski definition) is 2. The molecule has 0 fully saturated rings. The Hall–Kier alpha value is -1.82. The molecule has 0 atom stereocenters. The quantitative estimate of drug-likeness (QED) is 0.814. The third kappa shape index (κ3) is 5.08. The van der Waals surface area contributed by atoms with Crippen LogP contribution in [0.2, 0.25) is 15.1 Å².